The Morgan fingerprint density at radius 1 is 1.39 bits per heavy atom. The summed E-state index contributed by atoms with van der Waals surface area (Å²) in [6.07, 6.45) is 4.15. The lowest BCUT2D eigenvalue weighted by atomic mass is 9.91. The molecule has 1 saturated carbocycles. The van der Waals surface area contributed by atoms with Crippen molar-refractivity contribution in [2.75, 3.05) is 0 Å². The van der Waals surface area contributed by atoms with Gasteiger partial charge < -0.3 is 10.1 Å². The van der Waals surface area contributed by atoms with Crippen LogP contribution in [0, 0.1) is 17.0 Å². The van der Waals surface area contributed by atoms with Crippen molar-refractivity contribution in [2.45, 2.75) is 71.1 Å². The standard InChI is InChI=1S/C15H24N4O4/c1-10-13(19(21)22)9-16-18(10)12-7-5-11(6-8-12)17-14(20)23-15(2,3)4/h9,11-12H,5-8H2,1-4H3,(H,17,20). The van der Waals surface area contributed by atoms with Gasteiger partial charge in [0.05, 0.1) is 11.0 Å². The molecule has 23 heavy (non-hydrogen) atoms. The Bertz CT molecular complexity index is 583. The van der Waals surface area contributed by atoms with Gasteiger partial charge in [0.15, 0.2) is 0 Å². The van der Waals surface area contributed by atoms with Gasteiger partial charge in [-0.3, -0.25) is 14.8 Å². The summed E-state index contributed by atoms with van der Waals surface area (Å²) < 4.78 is 7.00. The van der Waals surface area contributed by atoms with Gasteiger partial charge in [-0.25, -0.2) is 4.79 Å². The fraction of sp³-hybridized carbons (Fsp3) is 0.733. The number of hydrogen-bond acceptors (Lipinski definition) is 5. The molecule has 8 heteroatoms. The fourth-order valence-corrected chi connectivity index (χ4v) is 2.90. The number of nitrogens with zero attached hydrogens (tertiary/aromatic N) is 3. The van der Waals surface area contributed by atoms with Crippen molar-refractivity contribution < 1.29 is 14.5 Å². The fourth-order valence-electron chi connectivity index (χ4n) is 2.90. The minimum Gasteiger partial charge on any atom is -0.444 e. The highest BCUT2D eigenvalue weighted by molar-refractivity contribution is 5.68. The van der Waals surface area contributed by atoms with Gasteiger partial charge in [-0.2, -0.15) is 5.10 Å². The highest BCUT2D eigenvalue weighted by atomic mass is 16.6. The number of ether oxygens (including phenoxy) is 1. The number of nitrogens with one attached hydrogen (secondary N) is 1. The van der Waals surface area contributed by atoms with Crippen LogP contribution in [0.5, 0.6) is 0 Å². The van der Waals surface area contributed by atoms with Crippen molar-refractivity contribution in [1.82, 2.24) is 15.1 Å². The molecule has 0 spiro atoms. The lowest BCUT2D eigenvalue weighted by Gasteiger charge is -2.30. The first kappa shape index (κ1) is 17.2. The molecule has 0 bridgehead atoms. The molecule has 128 valence electrons. The molecule has 0 radical (unpaired) electrons. The monoisotopic (exact) mass is 324 g/mol. The Hall–Kier alpha value is -2.12. The molecular formula is C15H24N4O4. The molecule has 0 unspecified atom stereocenters. The third-order valence-corrected chi connectivity index (χ3v) is 3.98. The van der Waals surface area contributed by atoms with E-state index in [0.717, 1.165) is 25.7 Å². The number of rotatable bonds is 3. The zero-order chi connectivity index (χ0) is 17.2. The largest absolute Gasteiger partial charge is 0.444 e. The average Bonchev–Trinajstić information content (AvgIpc) is 2.79. The van der Waals surface area contributed by atoms with Crippen LogP contribution in [-0.2, 0) is 4.74 Å². The van der Waals surface area contributed by atoms with Crippen molar-refractivity contribution in [3.8, 4) is 0 Å². The predicted octanol–water partition coefficient (Wildman–Crippen LogP) is 3.11. The second-order valence-corrected chi connectivity index (χ2v) is 6.97. The van der Waals surface area contributed by atoms with Gasteiger partial charge in [0, 0.05) is 6.04 Å². The summed E-state index contributed by atoms with van der Waals surface area (Å²) in [5.41, 5.74) is 0.129. The molecule has 1 aromatic rings. The number of nitro groups is 1. The summed E-state index contributed by atoms with van der Waals surface area (Å²) in [4.78, 5) is 22.3. The van der Waals surface area contributed by atoms with Gasteiger partial charge in [-0.1, -0.05) is 0 Å². The van der Waals surface area contributed by atoms with Crippen LogP contribution < -0.4 is 5.32 Å². The average molecular weight is 324 g/mol. The zero-order valence-electron chi connectivity index (χ0n) is 14.0. The number of carbonyl (C=O) groups excluding carboxylic acids is 1. The first-order valence-corrected chi connectivity index (χ1v) is 7.85. The third kappa shape index (κ3) is 4.43. The maximum Gasteiger partial charge on any atom is 0.407 e. The molecule has 0 aromatic carbocycles. The summed E-state index contributed by atoms with van der Waals surface area (Å²) in [5.74, 6) is 0. The van der Waals surface area contributed by atoms with Crippen LogP contribution in [0.1, 0.15) is 58.2 Å². The SMILES string of the molecule is Cc1c([N+](=O)[O-])cnn1C1CCC(NC(=O)OC(C)(C)C)CC1. The lowest BCUT2D eigenvalue weighted by molar-refractivity contribution is -0.385. The van der Waals surface area contributed by atoms with Crippen LogP contribution in [0.2, 0.25) is 0 Å². The Kier molecular flexibility index (Phi) is 4.91. The maximum atomic E-state index is 11.8. The Balaban J connectivity index is 1.89. The number of carbonyl (C=O) groups is 1. The number of amides is 1. The van der Waals surface area contributed by atoms with Gasteiger partial charge >= 0.3 is 11.8 Å². The molecule has 1 aliphatic rings. The Labute approximate surface area is 135 Å². The highest BCUT2D eigenvalue weighted by Crippen LogP contribution is 2.31. The topological polar surface area (TPSA) is 99.3 Å². The summed E-state index contributed by atoms with van der Waals surface area (Å²) in [7, 11) is 0. The molecule has 1 aromatic heterocycles. The van der Waals surface area contributed by atoms with Gasteiger partial charge in [0.1, 0.15) is 17.5 Å². The van der Waals surface area contributed by atoms with Gasteiger partial charge in [0.25, 0.3) is 0 Å². The van der Waals surface area contributed by atoms with Crippen molar-refractivity contribution in [3.05, 3.63) is 22.0 Å². The van der Waals surface area contributed by atoms with Gasteiger partial charge in [-0.05, 0) is 53.4 Å². The second-order valence-electron chi connectivity index (χ2n) is 6.97. The predicted molar refractivity (Wildman–Crippen MR) is 84.3 cm³/mol. The third-order valence-electron chi connectivity index (χ3n) is 3.98. The van der Waals surface area contributed by atoms with E-state index in [-0.39, 0.29) is 17.8 Å². The molecule has 1 fully saturated rings. The van der Waals surface area contributed by atoms with E-state index in [1.54, 1.807) is 11.6 Å². The molecule has 8 nitrogen and oxygen atoms in total. The molecule has 1 amide bonds. The quantitative estimate of drug-likeness (QED) is 0.680. The summed E-state index contributed by atoms with van der Waals surface area (Å²) in [6.45, 7) is 7.21. The molecule has 1 aliphatic carbocycles. The van der Waals surface area contributed by atoms with E-state index in [9.17, 15) is 14.9 Å². The van der Waals surface area contributed by atoms with Crippen LogP contribution in [0.4, 0.5) is 10.5 Å². The lowest BCUT2D eigenvalue weighted by Crippen LogP contribution is -2.41. The van der Waals surface area contributed by atoms with Gasteiger partial charge in [-0.15, -0.1) is 0 Å². The van der Waals surface area contributed by atoms with Crippen LogP contribution in [0.25, 0.3) is 0 Å². The first-order chi connectivity index (χ1) is 10.7. The zero-order valence-corrected chi connectivity index (χ0v) is 14.0. The summed E-state index contributed by atoms with van der Waals surface area (Å²) in [6, 6.07) is 0.215. The molecule has 1 N–H and O–H groups in total. The van der Waals surface area contributed by atoms with Crippen LogP contribution in [0.15, 0.2) is 6.20 Å². The Morgan fingerprint density at radius 2 is 2.00 bits per heavy atom. The molecule has 0 saturated heterocycles. The van der Waals surface area contributed by atoms with Crippen molar-refractivity contribution >= 4 is 11.8 Å². The van der Waals surface area contributed by atoms with E-state index < -0.39 is 16.6 Å². The van der Waals surface area contributed by atoms with E-state index in [0.29, 0.717) is 5.69 Å². The minimum absolute atomic E-state index is 0.0546. The summed E-state index contributed by atoms with van der Waals surface area (Å²) in [5, 5.41) is 17.9. The molecule has 0 atom stereocenters. The smallest absolute Gasteiger partial charge is 0.407 e. The second kappa shape index (κ2) is 6.55. The van der Waals surface area contributed by atoms with E-state index >= 15 is 0 Å². The molecule has 2 rings (SSSR count). The van der Waals surface area contributed by atoms with E-state index in [1.165, 1.54) is 6.20 Å². The number of aromatic nitrogens is 2. The number of hydrogen-bond donors (Lipinski definition) is 1. The van der Waals surface area contributed by atoms with E-state index in [1.807, 2.05) is 20.8 Å². The van der Waals surface area contributed by atoms with Crippen LogP contribution >= 0.6 is 0 Å². The Morgan fingerprint density at radius 3 is 2.48 bits per heavy atom. The highest BCUT2D eigenvalue weighted by Gasteiger charge is 2.28. The van der Waals surface area contributed by atoms with Crippen molar-refractivity contribution in [2.24, 2.45) is 0 Å². The molecule has 0 aliphatic heterocycles. The normalized spacial score (nSPS) is 21.7. The first-order valence-electron chi connectivity index (χ1n) is 7.85. The van der Waals surface area contributed by atoms with Crippen molar-refractivity contribution in [3.63, 3.8) is 0 Å². The summed E-state index contributed by atoms with van der Waals surface area (Å²) >= 11 is 0. The molecular weight excluding hydrogens is 300 g/mol. The number of alkyl carbamates (subject to hydrolysis) is 1. The van der Waals surface area contributed by atoms with Crippen LogP contribution in [0.3, 0.4) is 0 Å². The van der Waals surface area contributed by atoms with Crippen LogP contribution in [-0.4, -0.2) is 32.4 Å². The maximum absolute atomic E-state index is 11.8. The van der Waals surface area contributed by atoms with E-state index in [2.05, 4.69) is 10.4 Å². The minimum atomic E-state index is -0.508. The van der Waals surface area contributed by atoms with Gasteiger partial charge in [0.2, 0.25) is 0 Å². The van der Waals surface area contributed by atoms with Crippen molar-refractivity contribution in [1.29, 1.82) is 0 Å². The molecule has 1 heterocycles. The van der Waals surface area contributed by atoms with E-state index in [4.69, 9.17) is 4.74 Å².